The molecule has 2 N–H and O–H groups in total. The number of amides is 1. The number of rotatable bonds is 11. The van der Waals surface area contributed by atoms with E-state index >= 15 is 0 Å². The van der Waals surface area contributed by atoms with Crippen molar-refractivity contribution in [3.8, 4) is 11.3 Å². The molecule has 8 nitrogen and oxygen atoms in total. The van der Waals surface area contributed by atoms with E-state index in [1.165, 1.54) is 12.8 Å². The Kier molecular flexibility index (Phi) is 7.56. The molecule has 0 spiro atoms. The fourth-order valence-corrected chi connectivity index (χ4v) is 4.26. The molecule has 1 saturated carbocycles. The molecule has 0 atom stereocenters. The van der Waals surface area contributed by atoms with Gasteiger partial charge in [-0.25, -0.2) is 9.97 Å². The lowest BCUT2D eigenvalue weighted by atomic mass is 10.1. The standard InChI is InChI=1S/C29H32N6O2/c1-3-15-35(18-21-7-8-21)19-24-10-11-27(37-24)28(36)32-23-9-6-20(2)26(16-23)34-29-31-14-12-25(33-29)22-5-4-13-30-17-22/h4-6,9-14,16-17,21H,3,7-8,15,18-19H2,1-2H3,(H,32,36)(H,31,33,34). The second-order valence-corrected chi connectivity index (χ2v) is 9.56. The molecule has 1 aliphatic rings. The minimum atomic E-state index is -0.278. The second-order valence-electron chi connectivity index (χ2n) is 9.56. The minimum Gasteiger partial charge on any atom is -0.455 e. The van der Waals surface area contributed by atoms with E-state index in [9.17, 15) is 4.79 Å². The topological polar surface area (TPSA) is 96.2 Å². The zero-order chi connectivity index (χ0) is 25.6. The first-order valence-corrected chi connectivity index (χ1v) is 12.8. The number of furan rings is 1. The van der Waals surface area contributed by atoms with Crippen molar-refractivity contribution in [2.24, 2.45) is 5.92 Å². The number of benzene rings is 1. The quantitative estimate of drug-likeness (QED) is 0.261. The molecule has 3 aromatic heterocycles. The van der Waals surface area contributed by atoms with Crippen LogP contribution in [0, 0.1) is 12.8 Å². The number of anilines is 3. The minimum absolute atomic E-state index is 0.278. The molecular weight excluding hydrogens is 464 g/mol. The summed E-state index contributed by atoms with van der Waals surface area (Å²) in [6, 6.07) is 15.0. The first-order valence-electron chi connectivity index (χ1n) is 12.8. The third-order valence-electron chi connectivity index (χ3n) is 6.37. The van der Waals surface area contributed by atoms with Crippen molar-refractivity contribution in [3.63, 3.8) is 0 Å². The van der Waals surface area contributed by atoms with Crippen LogP contribution in [0.15, 0.2) is 71.5 Å². The average Bonchev–Trinajstić information content (AvgIpc) is 3.60. The third kappa shape index (κ3) is 6.59. The third-order valence-corrected chi connectivity index (χ3v) is 6.37. The smallest absolute Gasteiger partial charge is 0.291 e. The van der Waals surface area contributed by atoms with Crippen molar-refractivity contribution in [3.05, 3.63) is 84.2 Å². The fourth-order valence-electron chi connectivity index (χ4n) is 4.26. The van der Waals surface area contributed by atoms with Crippen molar-refractivity contribution >= 4 is 23.2 Å². The first-order chi connectivity index (χ1) is 18.1. The maximum Gasteiger partial charge on any atom is 0.291 e. The maximum atomic E-state index is 12.9. The van der Waals surface area contributed by atoms with Crippen LogP contribution in [-0.4, -0.2) is 38.8 Å². The predicted molar refractivity (Wildman–Crippen MR) is 145 cm³/mol. The number of nitrogens with one attached hydrogen (secondary N) is 2. The number of pyridine rings is 1. The molecule has 0 saturated heterocycles. The highest BCUT2D eigenvalue weighted by Gasteiger charge is 2.24. The van der Waals surface area contributed by atoms with Gasteiger partial charge in [-0.2, -0.15) is 0 Å². The van der Waals surface area contributed by atoms with E-state index in [4.69, 9.17) is 4.42 Å². The summed E-state index contributed by atoms with van der Waals surface area (Å²) < 4.78 is 5.91. The number of aromatic nitrogens is 3. The maximum absolute atomic E-state index is 12.9. The van der Waals surface area contributed by atoms with Crippen LogP contribution in [0.3, 0.4) is 0 Å². The van der Waals surface area contributed by atoms with E-state index in [-0.39, 0.29) is 5.91 Å². The van der Waals surface area contributed by atoms with Gasteiger partial charge in [0.15, 0.2) is 5.76 Å². The van der Waals surface area contributed by atoms with Gasteiger partial charge in [0, 0.05) is 42.1 Å². The number of hydrogen-bond donors (Lipinski definition) is 2. The zero-order valence-electron chi connectivity index (χ0n) is 21.3. The monoisotopic (exact) mass is 496 g/mol. The number of aryl methyl sites for hydroxylation is 1. The molecule has 0 radical (unpaired) electrons. The van der Waals surface area contributed by atoms with E-state index in [1.807, 2.05) is 49.4 Å². The summed E-state index contributed by atoms with van der Waals surface area (Å²) >= 11 is 0. The Hall–Kier alpha value is -4.04. The van der Waals surface area contributed by atoms with Gasteiger partial charge >= 0.3 is 0 Å². The fraction of sp³-hybridized carbons (Fsp3) is 0.310. The highest BCUT2D eigenvalue weighted by Crippen LogP contribution is 2.30. The van der Waals surface area contributed by atoms with Gasteiger partial charge in [0.2, 0.25) is 5.95 Å². The van der Waals surface area contributed by atoms with Gasteiger partial charge in [-0.05, 0) is 86.7 Å². The SMILES string of the molecule is CCCN(Cc1ccc(C(=O)Nc2ccc(C)c(Nc3nccc(-c4cccnc4)n3)c2)o1)CC1CC1. The van der Waals surface area contributed by atoms with Crippen LogP contribution in [0.1, 0.15) is 48.1 Å². The van der Waals surface area contributed by atoms with Crippen LogP contribution < -0.4 is 10.6 Å². The summed E-state index contributed by atoms with van der Waals surface area (Å²) in [7, 11) is 0. The molecule has 3 heterocycles. The van der Waals surface area contributed by atoms with Gasteiger partial charge in [0.05, 0.1) is 12.2 Å². The Labute approximate surface area is 217 Å². The number of hydrogen-bond acceptors (Lipinski definition) is 7. The van der Waals surface area contributed by atoms with Crippen molar-refractivity contribution in [2.45, 2.75) is 39.7 Å². The molecule has 8 heteroatoms. The second kappa shape index (κ2) is 11.3. The highest BCUT2D eigenvalue weighted by atomic mass is 16.4. The molecule has 1 amide bonds. The van der Waals surface area contributed by atoms with Crippen molar-refractivity contribution in [2.75, 3.05) is 23.7 Å². The summed E-state index contributed by atoms with van der Waals surface area (Å²) in [6.45, 7) is 7.04. The van der Waals surface area contributed by atoms with E-state index in [1.54, 1.807) is 24.7 Å². The van der Waals surface area contributed by atoms with Crippen LogP contribution in [0.25, 0.3) is 11.3 Å². The molecular formula is C29H32N6O2. The predicted octanol–water partition coefficient (Wildman–Crippen LogP) is 6.06. The van der Waals surface area contributed by atoms with Crippen LogP contribution in [0.5, 0.6) is 0 Å². The van der Waals surface area contributed by atoms with Crippen molar-refractivity contribution < 1.29 is 9.21 Å². The average molecular weight is 497 g/mol. The summed E-state index contributed by atoms with van der Waals surface area (Å²) in [5.41, 5.74) is 4.14. The molecule has 0 unspecified atom stereocenters. The van der Waals surface area contributed by atoms with Crippen molar-refractivity contribution in [1.29, 1.82) is 0 Å². The molecule has 190 valence electrons. The van der Waals surface area contributed by atoms with Crippen LogP contribution in [-0.2, 0) is 6.54 Å². The van der Waals surface area contributed by atoms with Gasteiger partial charge in [-0.15, -0.1) is 0 Å². The molecule has 4 aromatic rings. The summed E-state index contributed by atoms with van der Waals surface area (Å²) in [6.07, 6.45) is 8.95. The summed E-state index contributed by atoms with van der Waals surface area (Å²) in [4.78, 5) is 28.5. The number of nitrogens with zero attached hydrogens (tertiary/aromatic N) is 4. The summed E-state index contributed by atoms with van der Waals surface area (Å²) in [5.74, 6) is 2.13. The normalized spacial score (nSPS) is 13.1. The van der Waals surface area contributed by atoms with E-state index in [2.05, 4.69) is 37.4 Å². The summed E-state index contributed by atoms with van der Waals surface area (Å²) in [5, 5.41) is 6.22. The molecule has 1 aliphatic carbocycles. The Bertz CT molecular complexity index is 1350. The van der Waals surface area contributed by atoms with Gasteiger partial charge in [-0.1, -0.05) is 13.0 Å². The largest absolute Gasteiger partial charge is 0.455 e. The number of carbonyl (C=O) groups is 1. The molecule has 37 heavy (non-hydrogen) atoms. The molecule has 0 bridgehead atoms. The lowest BCUT2D eigenvalue weighted by Gasteiger charge is -2.20. The lowest BCUT2D eigenvalue weighted by Crippen LogP contribution is -2.26. The van der Waals surface area contributed by atoms with E-state index in [0.717, 1.165) is 60.2 Å². The molecule has 1 aromatic carbocycles. The van der Waals surface area contributed by atoms with Crippen LogP contribution >= 0.6 is 0 Å². The Morgan fingerprint density at radius 3 is 2.81 bits per heavy atom. The zero-order valence-corrected chi connectivity index (χ0v) is 21.3. The molecule has 5 rings (SSSR count). The van der Waals surface area contributed by atoms with E-state index in [0.29, 0.717) is 17.4 Å². The van der Waals surface area contributed by atoms with Gasteiger partial charge in [-0.3, -0.25) is 14.7 Å². The van der Waals surface area contributed by atoms with Gasteiger partial charge in [0.1, 0.15) is 5.76 Å². The van der Waals surface area contributed by atoms with Crippen LogP contribution in [0.4, 0.5) is 17.3 Å². The van der Waals surface area contributed by atoms with Gasteiger partial charge < -0.3 is 15.1 Å². The Morgan fingerprint density at radius 1 is 1.14 bits per heavy atom. The Morgan fingerprint density at radius 2 is 2.03 bits per heavy atom. The van der Waals surface area contributed by atoms with E-state index < -0.39 is 0 Å². The number of carbonyl (C=O) groups excluding carboxylic acids is 1. The molecule has 0 aliphatic heterocycles. The Balaban J connectivity index is 1.25. The first kappa shape index (κ1) is 24.6. The highest BCUT2D eigenvalue weighted by molar-refractivity contribution is 6.02. The lowest BCUT2D eigenvalue weighted by molar-refractivity contribution is 0.0992. The van der Waals surface area contributed by atoms with Crippen LogP contribution in [0.2, 0.25) is 0 Å². The van der Waals surface area contributed by atoms with Crippen molar-refractivity contribution in [1.82, 2.24) is 19.9 Å². The van der Waals surface area contributed by atoms with Gasteiger partial charge in [0.25, 0.3) is 5.91 Å². The molecule has 1 fully saturated rings.